The second-order valence-corrected chi connectivity index (χ2v) is 8.27. The Morgan fingerprint density at radius 2 is 2.19 bits per heavy atom. The monoisotopic (exact) mass is 370 g/mol. The third-order valence-corrected chi connectivity index (χ3v) is 6.12. The van der Waals surface area contributed by atoms with Crippen molar-refractivity contribution in [2.24, 2.45) is 5.92 Å². The lowest BCUT2D eigenvalue weighted by Gasteiger charge is -2.30. The third kappa shape index (κ3) is 3.09. The van der Waals surface area contributed by atoms with Crippen molar-refractivity contribution >= 4 is 28.2 Å². The van der Waals surface area contributed by atoms with Crippen LogP contribution in [-0.2, 0) is 12.8 Å². The van der Waals surface area contributed by atoms with Crippen molar-refractivity contribution in [3.05, 3.63) is 51.8 Å². The second-order valence-electron chi connectivity index (χ2n) is 7.17. The summed E-state index contributed by atoms with van der Waals surface area (Å²) in [5.41, 5.74) is 3.02. The Hall–Kier alpha value is -2.34. The molecule has 5 nitrogen and oxygen atoms in total. The summed E-state index contributed by atoms with van der Waals surface area (Å²) in [5, 5.41) is 3.56. The van der Waals surface area contributed by atoms with Gasteiger partial charge < -0.3 is 14.6 Å². The van der Waals surface area contributed by atoms with Gasteiger partial charge in [0.1, 0.15) is 5.00 Å². The summed E-state index contributed by atoms with van der Waals surface area (Å²) in [6.07, 6.45) is 6.65. The fourth-order valence-corrected chi connectivity index (χ4v) is 5.18. The van der Waals surface area contributed by atoms with Crippen molar-refractivity contribution in [1.29, 1.82) is 0 Å². The van der Waals surface area contributed by atoms with E-state index >= 15 is 0 Å². The molecule has 136 valence electrons. The maximum Gasteiger partial charge on any atom is 0.291 e. The van der Waals surface area contributed by atoms with Crippen LogP contribution in [-0.4, -0.2) is 29.8 Å². The van der Waals surface area contributed by atoms with Crippen LogP contribution in [0.25, 0.3) is 0 Å². The number of carbonyl (C=O) groups is 2. The molecule has 0 fully saturated rings. The van der Waals surface area contributed by atoms with Gasteiger partial charge in [-0.3, -0.25) is 9.59 Å². The number of furan rings is 1. The van der Waals surface area contributed by atoms with E-state index in [4.69, 9.17) is 4.42 Å². The Balaban J connectivity index is 1.65. The Labute approximate surface area is 156 Å². The molecule has 1 unspecified atom stereocenters. The number of carbonyl (C=O) groups excluding carboxylic acids is 2. The lowest BCUT2D eigenvalue weighted by Crippen LogP contribution is -2.39. The SMILES string of the molecule is CC1=CC(C)CN(C(=O)c2c(NC(=O)c3ccco3)sc3c2CCC3)C1. The van der Waals surface area contributed by atoms with Gasteiger partial charge in [0.15, 0.2) is 5.76 Å². The van der Waals surface area contributed by atoms with Gasteiger partial charge in [0, 0.05) is 18.0 Å². The first-order valence-corrected chi connectivity index (χ1v) is 9.80. The molecule has 0 bridgehead atoms. The van der Waals surface area contributed by atoms with Crippen molar-refractivity contribution < 1.29 is 14.0 Å². The molecular formula is C20H22N2O3S. The average Bonchev–Trinajstić information content (AvgIpc) is 3.30. The number of fused-ring (bicyclic) bond motifs is 1. The zero-order valence-corrected chi connectivity index (χ0v) is 15.8. The van der Waals surface area contributed by atoms with Gasteiger partial charge in [-0.1, -0.05) is 18.6 Å². The van der Waals surface area contributed by atoms with Crippen LogP contribution in [0.5, 0.6) is 0 Å². The van der Waals surface area contributed by atoms with Gasteiger partial charge in [0.25, 0.3) is 11.8 Å². The summed E-state index contributed by atoms with van der Waals surface area (Å²) in [5.74, 6) is 0.313. The van der Waals surface area contributed by atoms with Gasteiger partial charge in [-0.2, -0.15) is 0 Å². The van der Waals surface area contributed by atoms with E-state index in [9.17, 15) is 9.59 Å². The summed E-state index contributed by atoms with van der Waals surface area (Å²) in [6, 6.07) is 3.30. The summed E-state index contributed by atoms with van der Waals surface area (Å²) in [7, 11) is 0. The van der Waals surface area contributed by atoms with E-state index in [1.165, 1.54) is 28.1 Å². The lowest BCUT2D eigenvalue weighted by atomic mass is 10.0. The Morgan fingerprint density at radius 3 is 2.92 bits per heavy atom. The predicted molar refractivity (Wildman–Crippen MR) is 102 cm³/mol. The number of nitrogens with one attached hydrogen (secondary N) is 1. The molecule has 6 heteroatoms. The molecule has 1 atom stereocenters. The fourth-order valence-electron chi connectivity index (χ4n) is 3.91. The smallest absolute Gasteiger partial charge is 0.291 e. The van der Waals surface area contributed by atoms with E-state index < -0.39 is 0 Å². The van der Waals surface area contributed by atoms with Gasteiger partial charge in [0.2, 0.25) is 0 Å². The first-order valence-electron chi connectivity index (χ1n) is 8.99. The van der Waals surface area contributed by atoms with Gasteiger partial charge >= 0.3 is 0 Å². The number of anilines is 1. The van der Waals surface area contributed by atoms with Crippen LogP contribution >= 0.6 is 11.3 Å². The standard InChI is InChI=1S/C20H22N2O3S/c1-12-9-13(2)11-22(10-12)20(24)17-14-5-3-7-16(14)26-19(17)21-18(23)15-6-4-8-25-15/h4,6,8-9,12H,3,5,7,10-11H2,1-2H3,(H,21,23). The second kappa shape index (κ2) is 6.76. The zero-order valence-electron chi connectivity index (χ0n) is 15.0. The molecule has 1 N–H and O–H groups in total. The van der Waals surface area contributed by atoms with Crippen LogP contribution in [0.2, 0.25) is 0 Å². The predicted octanol–water partition coefficient (Wildman–Crippen LogP) is 4.12. The molecule has 2 aliphatic rings. The average molecular weight is 370 g/mol. The van der Waals surface area contributed by atoms with E-state index in [0.717, 1.165) is 24.8 Å². The molecule has 0 spiro atoms. The Bertz CT molecular complexity index is 879. The first-order chi connectivity index (χ1) is 12.5. The van der Waals surface area contributed by atoms with Crippen LogP contribution < -0.4 is 5.32 Å². The fraction of sp³-hybridized carbons (Fsp3) is 0.400. The highest BCUT2D eigenvalue weighted by molar-refractivity contribution is 7.17. The van der Waals surface area contributed by atoms with E-state index in [1.54, 1.807) is 12.1 Å². The summed E-state index contributed by atoms with van der Waals surface area (Å²) in [4.78, 5) is 28.9. The topological polar surface area (TPSA) is 62.6 Å². The zero-order chi connectivity index (χ0) is 18.3. The molecule has 2 aromatic heterocycles. The summed E-state index contributed by atoms with van der Waals surface area (Å²) in [6.45, 7) is 5.56. The van der Waals surface area contributed by atoms with Crippen molar-refractivity contribution in [3.8, 4) is 0 Å². The molecule has 0 saturated heterocycles. The highest BCUT2D eigenvalue weighted by Gasteiger charge is 2.31. The quantitative estimate of drug-likeness (QED) is 0.827. The normalized spacial score (nSPS) is 19.2. The lowest BCUT2D eigenvalue weighted by molar-refractivity contribution is 0.0748. The van der Waals surface area contributed by atoms with E-state index in [2.05, 4.69) is 25.2 Å². The highest BCUT2D eigenvalue weighted by atomic mass is 32.1. The highest BCUT2D eigenvalue weighted by Crippen LogP contribution is 2.40. The Kier molecular flexibility index (Phi) is 4.44. The van der Waals surface area contributed by atoms with Crippen molar-refractivity contribution in [3.63, 3.8) is 0 Å². The van der Waals surface area contributed by atoms with Crippen molar-refractivity contribution in [2.75, 3.05) is 18.4 Å². The number of hydrogen-bond donors (Lipinski definition) is 1. The maximum atomic E-state index is 13.3. The molecule has 1 aliphatic heterocycles. The van der Waals surface area contributed by atoms with Crippen LogP contribution in [0.3, 0.4) is 0 Å². The van der Waals surface area contributed by atoms with Crippen LogP contribution in [0, 0.1) is 5.92 Å². The molecule has 4 rings (SSSR count). The Morgan fingerprint density at radius 1 is 1.35 bits per heavy atom. The molecule has 3 heterocycles. The molecular weight excluding hydrogens is 348 g/mol. The maximum absolute atomic E-state index is 13.3. The van der Waals surface area contributed by atoms with E-state index in [-0.39, 0.29) is 17.6 Å². The van der Waals surface area contributed by atoms with Crippen molar-refractivity contribution in [1.82, 2.24) is 4.90 Å². The minimum atomic E-state index is -0.313. The van der Waals surface area contributed by atoms with E-state index in [0.29, 0.717) is 29.6 Å². The van der Waals surface area contributed by atoms with Gasteiger partial charge in [-0.05, 0) is 49.8 Å². The minimum absolute atomic E-state index is 0.0263. The third-order valence-electron chi connectivity index (χ3n) is 4.91. The molecule has 0 aromatic carbocycles. The number of amides is 2. The molecule has 2 aromatic rings. The van der Waals surface area contributed by atoms with Crippen molar-refractivity contribution in [2.45, 2.75) is 33.1 Å². The minimum Gasteiger partial charge on any atom is -0.459 e. The van der Waals surface area contributed by atoms with Crippen LogP contribution in [0.15, 0.2) is 34.5 Å². The molecule has 2 amide bonds. The van der Waals surface area contributed by atoms with Crippen LogP contribution in [0.1, 0.15) is 51.6 Å². The number of aryl methyl sites for hydroxylation is 1. The molecule has 0 saturated carbocycles. The number of hydrogen-bond acceptors (Lipinski definition) is 4. The molecule has 1 aliphatic carbocycles. The number of rotatable bonds is 3. The van der Waals surface area contributed by atoms with Crippen LogP contribution in [0.4, 0.5) is 5.00 Å². The number of nitrogens with zero attached hydrogens (tertiary/aromatic N) is 1. The summed E-state index contributed by atoms with van der Waals surface area (Å²) >= 11 is 1.53. The van der Waals surface area contributed by atoms with Gasteiger partial charge in [-0.25, -0.2) is 0 Å². The number of thiophene rings is 1. The summed E-state index contributed by atoms with van der Waals surface area (Å²) < 4.78 is 5.18. The first kappa shape index (κ1) is 17.1. The van der Waals surface area contributed by atoms with E-state index in [1.807, 2.05) is 4.90 Å². The van der Waals surface area contributed by atoms with Gasteiger partial charge in [0.05, 0.1) is 11.8 Å². The largest absolute Gasteiger partial charge is 0.459 e. The van der Waals surface area contributed by atoms with Gasteiger partial charge in [-0.15, -0.1) is 11.3 Å². The molecule has 0 radical (unpaired) electrons. The molecule has 26 heavy (non-hydrogen) atoms.